The minimum atomic E-state index is -0.919. The molecule has 1 atom stereocenters. The van der Waals surface area contributed by atoms with Gasteiger partial charge in [0.25, 0.3) is 0 Å². The van der Waals surface area contributed by atoms with E-state index in [0.29, 0.717) is 12.2 Å². The van der Waals surface area contributed by atoms with Crippen LogP contribution < -0.4 is 0 Å². The van der Waals surface area contributed by atoms with Crippen molar-refractivity contribution in [3.63, 3.8) is 0 Å². The fourth-order valence-corrected chi connectivity index (χ4v) is 3.63. The number of carbonyl (C=O) groups excluding carboxylic acids is 1. The molecule has 1 aliphatic carbocycles. The van der Waals surface area contributed by atoms with E-state index in [1.807, 2.05) is 0 Å². The van der Waals surface area contributed by atoms with Gasteiger partial charge in [0.05, 0.1) is 0 Å². The average Bonchev–Trinajstić information content (AvgIpc) is 2.81. The Morgan fingerprint density at radius 1 is 1.47 bits per heavy atom. The van der Waals surface area contributed by atoms with E-state index in [0.717, 1.165) is 18.6 Å². The molecule has 0 aromatic heterocycles. The minimum absolute atomic E-state index is 0.0950. The molecule has 4 nitrogen and oxygen atoms in total. The first-order valence-corrected chi connectivity index (χ1v) is 6.34. The van der Waals surface area contributed by atoms with E-state index in [2.05, 4.69) is 0 Å². The summed E-state index contributed by atoms with van der Waals surface area (Å²) in [6, 6.07) is 0.178. The molecule has 5 heteroatoms. The van der Waals surface area contributed by atoms with E-state index < -0.39 is 11.5 Å². The summed E-state index contributed by atoms with van der Waals surface area (Å²) in [7, 11) is 0. The number of hydrogen-bond donors (Lipinski definition) is 1. The van der Waals surface area contributed by atoms with Crippen LogP contribution in [-0.4, -0.2) is 45.0 Å². The molecule has 15 heavy (non-hydrogen) atoms. The average molecular weight is 229 g/mol. The van der Waals surface area contributed by atoms with Gasteiger partial charge in [0.2, 0.25) is 5.91 Å². The second kappa shape index (κ2) is 3.70. The third kappa shape index (κ3) is 1.73. The van der Waals surface area contributed by atoms with E-state index in [9.17, 15) is 14.7 Å². The molecule has 1 saturated heterocycles. The van der Waals surface area contributed by atoms with Gasteiger partial charge >= 0.3 is 5.97 Å². The first kappa shape index (κ1) is 10.8. The van der Waals surface area contributed by atoms with Crippen molar-refractivity contribution >= 4 is 23.6 Å². The van der Waals surface area contributed by atoms with Crippen molar-refractivity contribution in [2.75, 3.05) is 11.5 Å². The Hall–Kier alpha value is -0.710. The van der Waals surface area contributed by atoms with Crippen LogP contribution in [0.3, 0.4) is 0 Å². The van der Waals surface area contributed by atoms with Crippen LogP contribution >= 0.6 is 11.8 Å². The maximum absolute atomic E-state index is 11.6. The monoisotopic (exact) mass is 229 g/mol. The SMILES string of the molecule is CC(=O)N(C1CC1)C1(C(=O)O)CCSC1. The summed E-state index contributed by atoms with van der Waals surface area (Å²) < 4.78 is 0. The van der Waals surface area contributed by atoms with E-state index in [1.54, 1.807) is 16.7 Å². The summed E-state index contributed by atoms with van der Waals surface area (Å²) in [6.07, 6.45) is 2.50. The highest BCUT2D eigenvalue weighted by Crippen LogP contribution is 2.40. The Kier molecular flexibility index (Phi) is 2.66. The first-order chi connectivity index (χ1) is 7.08. The topological polar surface area (TPSA) is 57.6 Å². The molecule has 1 aliphatic heterocycles. The number of carboxylic acid groups (broad SMARTS) is 1. The van der Waals surface area contributed by atoms with E-state index in [4.69, 9.17) is 0 Å². The van der Waals surface area contributed by atoms with Gasteiger partial charge in [0.1, 0.15) is 0 Å². The lowest BCUT2D eigenvalue weighted by Gasteiger charge is -2.36. The number of carboxylic acids is 1. The maximum Gasteiger partial charge on any atom is 0.330 e. The molecular formula is C10H15NO3S. The van der Waals surface area contributed by atoms with Crippen LogP contribution in [0.4, 0.5) is 0 Å². The summed E-state index contributed by atoms with van der Waals surface area (Å²) in [5, 5.41) is 9.35. The predicted molar refractivity (Wildman–Crippen MR) is 57.9 cm³/mol. The van der Waals surface area contributed by atoms with E-state index in [1.165, 1.54) is 6.92 Å². The zero-order valence-corrected chi connectivity index (χ0v) is 9.55. The first-order valence-electron chi connectivity index (χ1n) is 5.19. The number of aliphatic carboxylic acids is 1. The van der Waals surface area contributed by atoms with Crippen molar-refractivity contribution in [1.29, 1.82) is 0 Å². The number of hydrogen-bond acceptors (Lipinski definition) is 3. The molecule has 0 bridgehead atoms. The molecule has 1 saturated carbocycles. The van der Waals surface area contributed by atoms with Crippen LogP contribution in [-0.2, 0) is 9.59 Å². The number of thioether (sulfide) groups is 1. The maximum atomic E-state index is 11.6. The smallest absolute Gasteiger partial charge is 0.330 e. The summed E-state index contributed by atoms with van der Waals surface area (Å²) in [5.41, 5.74) is -0.919. The van der Waals surface area contributed by atoms with Crippen molar-refractivity contribution in [2.24, 2.45) is 0 Å². The van der Waals surface area contributed by atoms with Crippen LogP contribution in [0.2, 0.25) is 0 Å². The van der Waals surface area contributed by atoms with Crippen LogP contribution in [0.5, 0.6) is 0 Å². The molecule has 0 aromatic carbocycles. The van der Waals surface area contributed by atoms with Crippen LogP contribution in [0, 0.1) is 0 Å². The Balaban J connectivity index is 2.28. The highest BCUT2D eigenvalue weighted by atomic mass is 32.2. The molecular weight excluding hydrogens is 214 g/mol. The number of amides is 1. The predicted octanol–water partition coefficient (Wildman–Crippen LogP) is 0.958. The third-order valence-corrected chi connectivity index (χ3v) is 4.29. The summed E-state index contributed by atoms with van der Waals surface area (Å²) in [6.45, 7) is 1.48. The minimum Gasteiger partial charge on any atom is -0.479 e. The third-order valence-electron chi connectivity index (χ3n) is 3.11. The van der Waals surface area contributed by atoms with Crippen LogP contribution in [0.1, 0.15) is 26.2 Å². The molecule has 1 N–H and O–H groups in total. The lowest BCUT2D eigenvalue weighted by atomic mass is 9.96. The lowest BCUT2D eigenvalue weighted by molar-refractivity contribution is -0.157. The Morgan fingerprint density at radius 3 is 2.47 bits per heavy atom. The Labute approximate surface area is 93.0 Å². The van der Waals surface area contributed by atoms with Gasteiger partial charge in [-0.25, -0.2) is 4.79 Å². The standard InChI is InChI=1S/C10H15NO3S/c1-7(12)11(8-2-3-8)10(9(13)14)4-5-15-6-10/h8H,2-6H2,1H3,(H,13,14). The van der Waals surface area contributed by atoms with Gasteiger partial charge in [0.15, 0.2) is 5.54 Å². The molecule has 2 rings (SSSR count). The van der Waals surface area contributed by atoms with Gasteiger partial charge in [-0.2, -0.15) is 11.8 Å². The lowest BCUT2D eigenvalue weighted by Crippen LogP contribution is -2.57. The van der Waals surface area contributed by atoms with Crippen molar-refractivity contribution < 1.29 is 14.7 Å². The Bertz CT molecular complexity index is 295. The van der Waals surface area contributed by atoms with Gasteiger partial charge < -0.3 is 10.0 Å². The van der Waals surface area contributed by atoms with Crippen molar-refractivity contribution in [3.8, 4) is 0 Å². The summed E-state index contributed by atoms with van der Waals surface area (Å²) in [4.78, 5) is 24.6. The Morgan fingerprint density at radius 2 is 2.13 bits per heavy atom. The van der Waals surface area contributed by atoms with Crippen molar-refractivity contribution in [2.45, 2.75) is 37.8 Å². The fourth-order valence-electron chi connectivity index (χ4n) is 2.26. The molecule has 1 unspecified atom stereocenters. The fraction of sp³-hybridized carbons (Fsp3) is 0.800. The highest BCUT2D eigenvalue weighted by molar-refractivity contribution is 7.99. The molecule has 0 radical (unpaired) electrons. The van der Waals surface area contributed by atoms with Crippen molar-refractivity contribution in [1.82, 2.24) is 4.90 Å². The van der Waals surface area contributed by atoms with Crippen molar-refractivity contribution in [3.05, 3.63) is 0 Å². The molecule has 2 aliphatic rings. The van der Waals surface area contributed by atoms with E-state index in [-0.39, 0.29) is 11.9 Å². The summed E-state index contributed by atoms with van der Waals surface area (Å²) in [5.74, 6) is 0.443. The zero-order chi connectivity index (χ0) is 11.1. The quantitative estimate of drug-likeness (QED) is 0.783. The largest absolute Gasteiger partial charge is 0.479 e. The molecule has 0 spiro atoms. The number of nitrogens with zero attached hydrogens (tertiary/aromatic N) is 1. The summed E-state index contributed by atoms with van der Waals surface area (Å²) >= 11 is 1.63. The molecule has 1 amide bonds. The van der Waals surface area contributed by atoms with Crippen LogP contribution in [0.25, 0.3) is 0 Å². The number of rotatable bonds is 3. The molecule has 2 fully saturated rings. The second-order valence-corrected chi connectivity index (χ2v) is 5.36. The molecule has 0 aromatic rings. The van der Waals surface area contributed by atoms with E-state index >= 15 is 0 Å². The van der Waals surface area contributed by atoms with Crippen LogP contribution in [0.15, 0.2) is 0 Å². The number of carbonyl (C=O) groups is 2. The molecule has 84 valence electrons. The van der Waals surface area contributed by atoms with Gasteiger partial charge in [-0.3, -0.25) is 4.79 Å². The normalized spacial score (nSPS) is 30.2. The van der Waals surface area contributed by atoms with Gasteiger partial charge in [-0.15, -0.1) is 0 Å². The zero-order valence-electron chi connectivity index (χ0n) is 8.73. The van der Waals surface area contributed by atoms with Gasteiger partial charge in [0, 0.05) is 18.7 Å². The van der Waals surface area contributed by atoms with Gasteiger partial charge in [-0.1, -0.05) is 0 Å². The molecule has 1 heterocycles. The second-order valence-electron chi connectivity index (χ2n) is 4.26. The van der Waals surface area contributed by atoms with Gasteiger partial charge in [-0.05, 0) is 25.0 Å². The highest BCUT2D eigenvalue weighted by Gasteiger charge is 2.52.